The van der Waals surface area contributed by atoms with Crippen molar-refractivity contribution in [2.24, 2.45) is 0 Å². The van der Waals surface area contributed by atoms with Crippen molar-refractivity contribution >= 4 is 34.1 Å². The third-order valence-electron chi connectivity index (χ3n) is 9.58. The molecule has 0 bridgehead atoms. The second kappa shape index (κ2) is 14.2. The van der Waals surface area contributed by atoms with Gasteiger partial charge >= 0.3 is 0 Å². The summed E-state index contributed by atoms with van der Waals surface area (Å²) in [5, 5.41) is 0. The van der Waals surface area contributed by atoms with Gasteiger partial charge in [-0.1, -0.05) is 115 Å². The smallest absolute Gasteiger partial charge is 0.0463 e. The lowest BCUT2D eigenvalue weighted by atomic mass is 9.76. The van der Waals surface area contributed by atoms with Gasteiger partial charge in [-0.2, -0.15) is 0 Å². The Balaban J connectivity index is 1.52. The highest BCUT2D eigenvalue weighted by Crippen LogP contribution is 2.41. The van der Waals surface area contributed by atoms with Crippen molar-refractivity contribution in [3.8, 4) is 0 Å². The number of nitrogens with zero attached hydrogens (tertiary/aromatic N) is 2. The van der Waals surface area contributed by atoms with Crippen LogP contribution in [0.1, 0.15) is 84.8 Å². The first kappa shape index (κ1) is 32.1. The van der Waals surface area contributed by atoms with Crippen molar-refractivity contribution in [1.82, 2.24) is 0 Å². The van der Waals surface area contributed by atoms with E-state index in [-0.39, 0.29) is 10.8 Å². The maximum absolute atomic E-state index is 2.40. The summed E-state index contributed by atoms with van der Waals surface area (Å²) >= 11 is 0. The minimum Gasteiger partial charge on any atom is -0.311 e. The summed E-state index contributed by atoms with van der Waals surface area (Å²) in [6.07, 6.45) is 5.88. The highest BCUT2D eigenvalue weighted by atomic mass is 15.2. The van der Waals surface area contributed by atoms with E-state index in [1.807, 2.05) is 0 Å². The molecule has 0 heterocycles. The average molecular weight is 595 g/mol. The quantitative estimate of drug-likeness (QED) is 0.134. The Kier molecular flexibility index (Phi) is 10.1. The van der Waals surface area contributed by atoms with E-state index in [4.69, 9.17) is 0 Å². The van der Waals surface area contributed by atoms with Crippen LogP contribution >= 0.6 is 0 Å². The summed E-state index contributed by atoms with van der Waals surface area (Å²) < 4.78 is 0. The molecule has 0 aliphatic carbocycles. The van der Waals surface area contributed by atoms with Crippen LogP contribution < -0.4 is 9.80 Å². The van der Waals surface area contributed by atoms with E-state index in [1.54, 1.807) is 0 Å². The largest absolute Gasteiger partial charge is 0.311 e. The molecule has 45 heavy (non-hydrogen) atoms. The van der Waals surface area contributed by atoms with E-state index in [0.29, 0.717) is 0 Å². The summed E-state index contributed by atoms with van der Waals surface area (Å²) in [4.78, 5) is 4.70. The predicted molar refractivity (Wildman–Crippen MR) is 196 cm³/mol. The van der Waals surface area contributed by atoms with Gasteiger partial charge in [0.05, 0.1) is 0 Å². The molecule has 0 spiro atoms. The summed E-state index contributed by atoms with van der Waals surface area (Å²) in [6, 6.07) is 48.7. The second-order valence-corrected chi connectivity index (χ2v) is 13.3. The summed E-state index contributed by atoms with van der Waals surface area (Å²) in [7, 11) is 0. The molecule has 232 valence electrons. The van der Waals surface area contributed by atoms with E-state index in [0.717, 1.165) is 40.5 Å². The molecule has 0 saturated heterocycles. The average Bonchev–Trinajstić information content (AvgIpc) is 3.07. The zero-order valence-electron chi connectivity index (χ0n) is 28.1. The van der Waals surface area contributed by atoms with Crippen LogP contribution in [0.5, 0.6) is 0 Å². The highest BCUT2D eigenvalue weighted by Gasteiger charge is 2.24. The van der Waals surface area contributed by atoms with Gasteiger partial charge in [0.2, 0.25) is 0 Å². The van der Waals surface area contributed by atoms with Gasteiger partial charge in [-0.3, -0.25) is 0 Å². The van der Waals surface area contributed by atoms with Gasteiger partial charge < -0.3 is 9.80 Å². The Labute approximate surface area is 272 Å². The Morgan fingerprint density at radius 1 is 0.400 bits per heavy atom. The maximum Gasteiger partial charge on any atom is 0.0463 e. The molecule has 1 unspecified atom stereocenters. The lowest BCUT2D eigenvalue weighted by Crippen LogP contribution is -2.20. The number of rotatable bonds is 13. The zero-order chi connectivity index (χ0) is 31.9. The number of para-hydroxylation sites is 2. The van der Waals surface area contributed by atoms with Crippen LogP contribution in [-0.2, 0) is 10.8 Å². The lowest BCUT2D eigenvalue weighted by molar-refractivity contribution is 0.414. The molecule has 2 nitrogen and oxygen atoms in total. The van der Waals surface area contributed by atoms with Crippen molar-refractivity contribution in [1.29, 1.82) is 0 Å². The minimum atomic E-state index is 0.163. The topological polar surface area (TPSA) is 6.48 Å². The van der Waals surface area contributed by atoms with E-state index < -0.39 is 0 Å². The predicted octanol–water partition coefficient (Wildman–Crippen LogP) is 13.2. The molecule has 0 aliphatic rings. The van der Waals surface area contributed by atoms with E-state index in [1.165, 1.54) is 36.8 Å². The molecule has 5 aromatic carbocycles. The number of anilines is 6. The second-order valence-electron chi connectivity index (χ2n) is 13.3. The van der Waals surface area contributed by atoms with Crippen LogP contribution in [0.25, 0.3) is 0 Å². The molecule has 0 radical (unpaired) electrons. The number of benzene rings is 5. The maximum atomic E-state index is 2.40. The van der Waals surface area contributed by atoms with Crippen molar-refractivity contribution < 1.29 is 0 Å². The molecule has 5 aromatic rings. The molecular formula is C43H50N2. The van der Waals surface area contributed by atoms with Crippen LogP contribution in [0, 0.1) is 0 Å². The molecule has 0 fully saturated rings. The standard InChI is InChI=1S/C43H50N2/c1-7-32-42(4,5)34-20-24-38(25-21-34)44(36-16-12-10-13-17-36)40-28-30-41(31-29-40)45(37-18-14-11-15-19-37)39-26-22-35(23-27-39)43(6,9-3)33-8-2/h10-31H,7-9,32-33H2,1-6H3. The zero-order valence-corrected chi connectivity index (χ0v) is 28.1. The van der Waals surface area contributed by atoms with Gasteiger partial charge in [0, 0.05) is 34.1 Å². The van der Waals surface area contributed by atoms with Crippen LogP contribution in [0.2, 0.25) is 0 Å². The molecule has 5 rings (SSSR count). The molecule has 0 aromatic heterocycles. The molecule has 0 N–H and O–H groups in total. The van der Waals surface area contributed by atoms with Crippen molar-refractivity contribution in [3.05, 3.63) is 145 Å². The molecular weight excluding hydrogens is 544 g/mol. The Bertz CT molecular complexity index is 1600. The van der Waals surface area contributed by atoms with Crippen LogP contribution in [0.3, 0.4) is 0 Å². The lowest BCUT2D eigenvalue weighted by Gasteiger charge is -2.31. The van der Waals surface area contributed by atoms with E-state index in [9.17, 15) is 0 Å². The SMILES string of the molecule is CCCC(C)(C)c1ccc(N(c2ccccc2)c2ccc(N(c3ccccc3)c3ccc(C(C)(CC)CCC)cc3)cc2)cc1. The van der Waals surface area contributed by atoms with Gasteiger partial charge in [-0.15, -0.1) is 0 Å². The minimum absolute atomic E-state index is 0.163. The molecule has 0 saturated carbocycles. The monoisotopic (exact) mass is 594 g/mol. The molecule has 2 heteroatoms. The van der Waals surface area contributed by atoms with Gasteiger partial charge in [0.25, 0.3) is 0 Å². The third kappa shape index (κ3) is 7.17. The normalized spacial score (nSPS) is 12.8. The Morgan fingerprint density at radius 3 is 1.09 bits per heavy atom. The van der Waals surface area contributed by atoms with Gasteiger partial charge in [0.1, 0.15) is 0 Å². The van der Waals surface area contributed by atoms with E-state index in [2.05, 4.69) is 185 Å². The fourth-order valence-corrected chi connectivity index (χ4v) is 6.72. The fourth-order valence-electron chi connectivity index (χ4n) is 6.72. The van der Waals surface area contributed by atoms with Gasteiger partial charge in [-0.05, 0) is 114 Å². The summed E-state index contributed by atoms with van der Waals surface area (Å²) in [5.74, 6) is 0. The highest BCUT2D eigenvalue weighted by molar-refractivity contribution is 5.81. The third-order valence-corrected chi connectivity index (χ3v) is 9.58. The first-order valence-electron chi connectivity index (χ1n) is 16.8. The van der Waals surface area contributed by atoms with Gasteiger partial charge in [-0.25, -0.2) is 0 Å². The van der Waals surface area contributed by atoms with Crippen molar-refractivity contribution in [3.63, 3.8) is 0 Å². The van der Waals surface area contributed by atoms with Crippen LogP contribution in [0.15, 0.2) is 133 Å². The van der Waals surface area contributed by atoms with Crippen LogP contribution in [0.4, 0.5) is 34.1 Å². The first-order chi connectivity index (χ1) is 21.8. The molecule has 1 atom stereocenters. The number of hydrogen-bond acceptors (Lipinski definition) is 2. The Hall–Kier alpha value is -4.30. The van der Waals surface area contributed by atoms with Gasteiger partial charge in [0.15, 0.2) is 0 Å². The van der Waals surface area contributed by atoms with E-state index >= 15 is 0 Å². The van der Waals surface area contributed by atoms with Crippen LogP contribution in [-0.4, -0.2) is 0 Å². The fraction of sp³-hybridized carbons (Fsp3) is 0.302. The first-order valence-corrected chi connectivity index (χ1v) is 16.8. The molecule has 0 amide bonds. The molecule has 0 aliphatic heterocycles. The van der Waals surface area contributed by atoms with Crippen molar-refractivity contribution in [2.45, 2.75) is 84.5 Å². The Morgan fingerprint density at radius 2 is 0.733 bits per heavy atom. The summed E-state index contributed by atoms with van der Waals surface area (Å²) in [5.41, 5.74) is 10.1. The summed E-state index contributed by atoms with van der Waals surface area (Å²) in [6.45, 7) is 13.9. The van der Waals surface area contributed by atoms with Crippen molar-refractivity contribution in [2.75, 3.05) is 9.80 Å². The number of hydrogen-bond donors (Lipinski definition) is 0.